The van der Waals surface area contributed by atoms with Crippen LogP contribution in [0.15, 0.2) is 27.7 Å². The maximum Gasteiger partial charge on any atom is 0.226 e. The van der Waals surface area contributed by atoms with Crippen LogP contribution in [0, 0.1) is 6.92 Å². The Labute approximate surface area is 164 Å². The molecule has 8 heteroatoms. The molecule has 0 spiro atoms. The fourth-order valence-corrected chi connectivity index (χ4v) is 2.44. The molecule has 26 heavy (non-hydrogen) atoms. The third kappa shape index (κ3) is 9.74. The lowest BCUT2D eigenvalue weighted by Gasteiger charge is -2.12. The molecular formula is C18H29BrN4O3. The highest BCUT2D eigenvalue weighted by Crippen LogP contribution is 2.20. The first-order valence-corrected chi connectivity index (χ1v) is 9.43. The van der Waals surface area contributed by atoms with Crippen LogP contribution < -0.4 is 16.0 Å². The molecule has 146 valence electrons. The van der Waals surface area contributed by atoms with Crippen LogP contribution in [0.1, 0.15) is 18.4 Å². The number of guanidine groups is 1. The van der Waals surface area contributed by atoms with Crippen LogP contribution in [-0.4, -0.2) is 58.9 Å². The second-order valence-electron chi connectivity index (χ2n) is 5.64. The van der Waals surface area contributed by atoms with Gasteiger partial charge >= 0.3 is 0 Å². The van der Waals surface area contributed by atoms with Crippen molar-refractivity contribution in [3.05, 3.63) is 28.2 Å². The number of carbonyl (C=O) groups excluding carboxylic acids is 1. The quantitative estimate of drug-likeness (QED) is 0.286. The summed E-state index contributed by atoms with van der Waals surface area (Å²) in [5, 5.41) is 9.24. The summed E-state index contributed by atoms with van der Waals surface area (Å²) in [6, 6.07) is 5.81. The Morgan fingerprint density at radius 2 is 1.96 bits per heavy atom. The molecule has 3 N–H and O–H groups in total. The standard InChI is InChI=1S/C18H29BrN4O3/c1-14-5-6-15(19)13-16(14)23-17(24)7-9-22-18(20-2)21-8-4-10-26-12-11-25-3/h5-6,13H,4,7-12H2,1-3H3,(H,23,24)(H2,20,21,22). The lowest BCUT2D eigenvalue weighted by Crippen LogP contribution is -2.39. The molecule has 1 aromatic carbocycles. The highest BCUT2D eigenvalue weighted by atomic mass is 79.9. The highest BCUT2D eigenvalue weighted by molar-refractivity contribution is 9.10. The van der Waals surface area contributed by atoms with Crippen molar-refractivity contribution in [2.45, 2.75) is 19.8 Å². The number of hydrogen-bond acceptors (Lipinski definition) is 4. The Morgan fingerprint density at radius 1 is 1.19 bits per heavy atom. The van der Waals surface area contributed by atoms with Crippen LogP contribution in [0.25, 0.3) is 0 Å². The summed E-state index contributed by atoms with van der Waals surface area (Å²) in [6.07, 6.45) is 1.22. The summed E-state index contributed by atoms with van der Waals surface area (Å²) >= 11 is 3.41. The Bertz CT molecular complexity index is 582. The molecule has 0 aliphatic carbocycles. The van der Waals surface area contributed by atoms with E-state index in [4.69, 9.17) is 9.47 Å². The summed E-state index contributed by atoms with van der Waals surface area (Å²) in [5.74, 6) is 0.633. The zero-order valence-electron chi connectivity index (χ0n) is 15.7. The average molecular weight is 429 g/mol. The smallest absolute Gasteiger partial charge is 0.226 e. The van der Waals surface area contributed by atoms with Gasteiger partial charge in [-0.15, -0.1) is 0 Å². The number of ether oxygens (including phenoxy) is 2. The topological polar surface area (TPSA) is 84.0 Å². The third-order valence-electron chi connectivity index (χ3n) is 3.53. The zero-order chi connectivity index (χ0) is 19.2. The van der Waals surface area contributed by atoms with Crippen molar-refractivity contribution in [1.29, 1.82) is 0 Å². The van der Waals surface area contributed by atoms with E-state index in [1.807, 2.05) is 25.1 Å². The van der Waals surface area contributed by atoms with E-state index in [0.717, 1.165) is 28.7 Å². The van der Waals surface area contributed by atoms with Crippen molar-refractivity contribution in [1.82, 2.24) is 10.6 Å². The van der Waals surface area contributed by atoms with Gasteiger partial charge in [-0.3, -0.25) is 9.79 Å². The van der Waals surface area contributed by atoms with Gasteiger partial charge in [-0.2, -0.15) is 0 Å². The molecule has 0 saturated carbocycles. The van der Waals surface area contributed by atoms with Gasteiger partial charge in [-0.1, -0.05) is 22.0 Å². The fourth-order valence-electron chi connectivity index (χ4n) is 2.08. The Balaban J connectivity index is 2.19. The summed E-state index contributed by atoms with van der Waals surface area (Å²) in [4.78, 5) is 16.2. The second kappa shape index (κ2) is 13.5. The van der Waals surface area contributed by atoms with Crippen molar-refractivity contribution in [3.8, 4) is 0 Å². The van der Waals surface area contributed by atoms with Gasteiger partial charge in [-0.05, 0) is 31.0 Å². The first-order valence-electron chi connectivity index (χ1n) is 8.64. The minimum Gasteiger partial charge on any atom is -0.382 e. The molecule has 0 fully saturated rings. The molecule has 0 bridgehead atoms. The van der Waals surface area contributed by atoms with E-state index in [9.17, 15) is 4.79 Å². The highest BCUT2D eigenvalue weighted by Gasteiger charge is 2.06. The largest absolute Gasteiger partial charge is 0.382 e. The molecule has 0 radical (unpaired) electrons. The van der Waals surface area contributed by atoms with Crippen LogP contribution in [0.4, 0.5) is 5.69 Å². The van der Waals surface area contributed by atoms with Crippen molar-refractivity contribution in [3.63, 3.8) is 0 Å². The van der Waals surface area contributed by atoms with Gasteiger partial charge in [0.1, 0.15) is 0 Å². The van der Waals surface area contributed by atoms with Gasteiger partial charge in [-0.25, -0.2) is 0 Å². The molecule has 7 nitrogen and oxygen atoms in total. The van der Waals surface area contributed by atoms with Gasteiger partial charge < -0.3 is 25.4 Å². The number of rotatable bonds is 11. The number of aryl methyl sites for hydroxylation is 1. The molecule has 0 aromatic heterocycles. The number of benzene rings is 1. The first-order chi connectivity index (χ1) is 12.6. The lowest BCUT2D eigenvalue weighted by molar-refractivity contribution is -0.116. The van der Waals surface area contributed by atoms with Gasteiger partial charge in [0.15, 0.2) is 5.96 Å². The minimum absolute atomic E-state index is 0.0410. The summed E-state index contributed by atoms with van der Waals surface area (Å²) in [5.41, 5.74) is 1.85. The molecule has 0 saturated heterocycles. The van der Waals surface area contributed by atoms with E-state index in [1.165, 1.54) is 0 Å². The molecule has 1 rings (SSSR count). The zero-order valence-corrected chi connectivity index (χ0v) is 17.3. The summed E-state index contributed by atoms with van der Waals surface area (Å²) < 4.78 is 11.2. The number of methoxy groups -OCH3 is 1. The molecule has 1 amide bonds. The van der Waals surface area contributed by atoms with E-state index in [0.29, 0.717) is 38.7 Å². The minimum atomic E-state index is -0.0410. The molecule has 1 aromatic rings. The van der Waals surface area contributed by atoms with Crippen molar-refractivity contribution >= 4 is 33.5 Å². The van der Waals surface area contributed by atoms with Crippen LogP contribution in [0.5, 0.6) is 0 Å². The van der Waals surface area contributed by atoms with Gasteiger partial charge in [0.2, 0.25) is 5.91 Å². The van der Waals surface area contributed by atoms with Crippen LogP contribution in [0.3, 0.4) is 0 Å². The Morgan fingerprint density at radius 3 is 2.69 bits per heavy atom. The number of hydrogen-bond donors (Lipinski definition) is 3. The molecule has 0 atom stereocenters. The predicted molar refractivity (Wildman–Crippen MR) is 109 cm³/mol. The number of aliphatic imine (C=N–C) groups is 1. The number of halogens is 1. The fraction of sp³-hybridized carbons (Fsp3) is 0.556. The first kappa shape index (κ1) is 22.4. The Hall–Kier alpha value is -1.64. The number of nitrogens with zero attached hydrogens (tertiary/aromatic N) is 1. The Kier molecular flexibility index (Phi) is 11.7. The maximum absolute atomic E-state index is 12.1. The number of carbonyl (C=O) groups is 1. The van der Waals surface area contributed by atoms with Crippen molar-refractivity contribution < 1.29 is 14.3 Å². The third-order valence-corrected chi connectivity index (χ3v) is 4.02. The van der Waals surface area contributed by atoms with Crippen LogP contribution in [-0.2, 0) is 14.3 Å². The van der Waals surface area contributed by atoms with E-state index >= 15 is 0 Å². The van der Waals surface area contributed by atoms with Gasteiger partial charge in [0.25, 0.3) is 0 Å². The number of amides is 1. The van der Waals surface area contributed by atoms with Crippen molar-refractivity contribution in [2.24, 2.45) is 4.99 Å². The van der Waals surface area contributed by atoms with E-state index < -0.39 is 0 Å². The molecular weight excluding hydrogens is 400 g/mol. The lowest BCUT2D eigenvalue weighted by atomic mass is 10.2. The monoisotopic (exact) mass is 428 g/mol. The molecule has 0 aliphatic heterocycles. The summed E-state index contributed by atoms with van der Waals surface area (Å²) in [7, 11) is 3.36. The molecule has 0 unspecified atom stereocenters. The van der Waals surface area contributed by atoms with E-state index in [-0.39, 0.29) is 5.91 Å². The maximum atomic E-state index is 12.1. The molecule has 0 aliphatic rings. The van der Waals surface area contributed by atoms with E-state index in [1.54, 1.807) is 14.2 Å². The average Bonchev–Trinajstić information content (AvgIpc) is 2.62. The summed E-state index contributed by atoms with van der Waals surface area (Å²) in [6.45, 7) is 5.10. The van der Waals surface area contributed by atoms with Gasteiger partial charge in [0, 0.05) is 50.4 Å². The van der Waals surface area contributed by atoms with Gasteiger partial charge in [0.05, 0.1) is 13.2 Å². The van der Waals surface area contributed by atoms with Crippen LogP contribution >= 0.6 is 15.9 Å². The van der Waals surface area contributed by atoms with Crippen molar-refractivity contribution in [2.75, 3.05) is 52.4 Å². The predicted octanol–water partition coefficient (Wildman–Crippen LogP) is 2.30. The second-order valence-corrected chi connectivity index (χ2v) is 6.56. The SMILES string of the molecule is CN=C(NCCCOCCOC)NCCC(=O)Nc1cc(Br)ccc1C. The van der Waals surface area contributed by atoms with E-state index in [2.05, 4.69) is 36.9 Å². The number of anilines is 1. The normalized spacial score (nSPS) is 11.3. The molecule has 0 heterocycles. The number of nitrogens with one attached hydrogen (secondary N) is 3. The van der Waals surface area contributed by atoms with Crippen LogP contribution in [0.2, 0.25) is 0 Å².